The Balaban J connectivity index is 1.65. The number of carbonyl (C=O) groups excluding carboxylic acids is 1. The number of nitrogens with one attached hydrogen (secondary N) is 1. The van der Waals surface area contributed by atoms with E-state index < -0.39 is 0 Å². The summed E-state index contributed by atoms with van der Waals surface area (Å²) in [6, 6.07) is 7.21. The van der Waals surface area contributed by atoms with E-state index in [0.29, 0.717) is 12.5 Å². The number of hydrogen-bond donors (Lipinski definition) is 1. The molecule has 1 aliphatic carbocycles. The Morgan fingerprint density at radius 2 is 2.19 bits per heavy atom. The van der Waals surface area contributed by atoms with E-state index in [1.165, 1.54) is 23.5 Å². The van der Waals surface area contributed by atoms with Gasteiger partial charge in [-0.25, -0.2) is 0 Å². The Morgan fingerprint density at radius 3 is 2.86 bits per heavy atom. The first-order valence-electron chi connectivity index (χ1n) is 7.04. The van der Waals surface area contributed by atoms with E-state index in [4.69, 9.17) is 0 Å². The molecule has 21 heavy (non-hydrogen) atoms. The lowest BCUT2D eigenvalue weighted by atomic mass is 10.2. The summed E-state index contributed by atoms with van der Waals surface area (Å²) in [5, 5.41) is 2.76. The SMILES string of the molecule is Cn1cccc(C(=O)NCc2ccc(C3CC3)nc2)c1=O. The van der Waals surface area contributed by atoms with Gasteiger partial charge in [-0.15, -0.1) is 0 Å². The molecule has 1 fully saturated rings. The molecular weight excluding hydrogens is 266 g/mol. The predicted octanol–water partition coefficient (Wildman–Crippen LogP) is 1.59. The van der Waals surface area contributed by atoms with Crippen LogP contribution in [-0.4, -0.2) is 15.5 Å². The molecule has 0 atom stereocenters. The monoisotopic (exact) mass is 283 g/mol. The van der Waals surface area contributed by atoms with Crippen molar-refractivity contribution in [1.29, 1.82) is 0 Å². The summed E-state index contributed by atoms with van der Waals surface area (Å²) in [5.74, 6) is 0.267. The number of amides is 1. The number of nitrogens with zero attached hydrogens (tertiary/aromatic N) is 2. The van der Waals surface area contributed by atoms with Crippen molar-refractivity contribution in [2.75, 3.05) is 0 Å². The minimum Gasteiger partial charge on any atom is -0.348 e. The Labute approximate surface area is 122 Å². The highest BCUT2D eigenvalue weighted by Gasteiger charge is 2.24. The molecule has 0 aliphatic heterocycles. The molecule has 1 N–H and O–H groups in total. The molecule has 2 aromatic heterocycles. The number of pyridine rings is 2. The molecule has 2 aromatic rings. The second kappa shape index (κ2) is 5.52. The first-order valence-corrected chi connectivity index (χ1v) is 7.04. The van der Waals surface area contributed by atoms with E-state index in [2.05, 4.69) is 10.3 Å². The van der Waals surface area contributed by atoms with Gasteiger partial charge in [-0.3, -0.25) is 14.6 Å². The largest absolute Gasteiger partial charge is 0.348 e. The van der Waals surface area contributed by atoms with Crippen LogP contribution in [0.1, 0.15) is 40.4 Å². The average molecular weight is 283 g/mol. The molecule has 0 spiro atoms. The third-order valence-electron chi connectivity index (χ3n) is 3.66. The molecule has 1 amide bonds. The smallest absolute Gasteiger partial charge is 0.263 e. The van der Waals surface area contributed by atoms with Gasteiger partial charge in [0, 0.05) is 37.6 Å². The molecule has 2 heterocycles. The van der Waals surface area contributed by atoms with Crippen LogP contribution >= 0.6 is 0 Å². The van der Waals surface area contributed by atoms with Crippen LogP contribution in [0.5, 0.6) is 0 Å². The summed E-state index contributed by atoms with van der Waals surface area (Å²) >= 11 is 0. The third kappa shape index (κ3) is 3.02. The zero-order valence-corrected chi connectivity index (χ0v) is 11.9. The number of rotatable bonds is 4. The number of aryl methyl sites for hydroxylation is 1. The van der Waals surface area contributed by atoms with E-state index in [9.17, 15) is 9.59 Å². The van der Waals surface area contributed by atoms with E-state index in [1.807, 2.05) is 12.1 Å². The van der Waals surface area contributed by atoms with Crippen LogP contribution in [0, 0.1) is 0 Å². The summed E-state index contributed by atoms with van der Waals surface area (Å²) < 4.78 is 1.39. The van der Waals surface area contributed by atoms with Gasteiger partial charge in [0.1, 0.15) is 5.56 Å². The Kier molecular flexibility index (Phi) is 3.56. The summed E-state index contributed by atoms with van der Waals surface area (Å²) in [6.45, 7) is 0.370. The molecule has 5 heteroatoms. The first kappa shape index (κ1) is 13.5. The summed E-state index contributed by atoms with van der Waals surface area (Å²) in [6.07, 6.45) is 5.86. The Morgan fingerprint density at radius 1 is 1.38 bits per heavy atom. The van der Waals surface area contributed by atoms with Crippen molar-refractivity contribution in [3.8, 4) is 0 Å². The van der Waals surface area contributed by atoms with Gasteiger partial charge in [-0.1, -0.05) is 6.07 Å². The lowest BCUT2D eigenvalue weighted by Gasteiger charge is -2.06. The Hall–Kier alpha value is -2.43. The highest BCUT2D eigenvalue weighted by Crippen LogP contribution is 2.38. The molecule has 0 radical (unpaired) electrons. The lowest BCUT2D eigenvalue weighted by Crippen LogP contribution is -2.31. The molecule has 0 unspecified atom stereocenters. The van der Waals surface area contributed by atoms with Crippen LogP contribution in [0.3, 0.4) is 0 Å². The second-order valence-corrected chi connectivity index (χ2v) is 5.39. The maximum atomic E-state index is 12.0. The standard InChI is InChI=1S/C16H17N3O2/c1-19-8-2-3-13(16(19)21)15(20)18-10-11-4-7-14(17-9-11)12-5-6-12/h2-4,7-9,12H,5-6,10H2,1H3,(H,18,20). The van der Waals surface area contributed by atoms with Crippen LogP contribution in [0.25, 0.3) is 0 Å². The maximum absolute atomic E-state index is 12.0. The van der Waals surface area contributed by atoms with Gasteiger partial charge in [-0.2, -0.15) is 0 Å². The molecule has 3 rings (SSSR count). The molecule has 0 saturated heterocycles. The van der Waals surface area contributed by atoms with Crippen molar-refractivity contribution in [2.24, 2.45) is 7.05 Å². The average Bonchev–Trinajstić information content (AvgIpc) is 3.33. The fraction of sp³-hybridized carbons (Fsp3) is 0.312. The van der Waals surface area contributed by atoms with Crippen LogP contribution in [0.2, 0.25) is 0 Å². The molecule has 1 saturated carbocycles. The van der Waals surface area contributed by atoms with Crippen LogP contribution in [-0.2, 0) is 13.6 Å². The van der Waals surface area contributed by atoms with Gasteiger partial charge >= 0.3 is 0 Å². The fourth-order valence-corrected chi connectivity index (χ4v) is 2.21. The van der Waals surface area contributed by atoms with Gasteiger partial charge in [0.05, 0.1) is 0 Å². The van der Waals surface area contributed by atoms with Crippen molar-refractivity contribution in [2.45, 2.75) is 25.3 Å². The summed E-state index contributed by atoms with van der Waals surface area (Å²) in [5.41, 5.74) is 1.92. The molecule has 108 valence electrons. The van der Waals surface area contributed by atoms with Crippen LogP contribution in [0.15, 0.2) is 41.5 Å². The molecule has 0 bridgehead atoms. The van der Waals surface area contributed by atoms with E-state index in [1.54, 1.807) is 25.5 Å². The van der Waals surface area contributed by atoms with Crippen molar-refractivity contribution in [1.82, 2.24) is 14.9 Å². The quantitative estimate of drug-likeness (QED) is 0.926. The summed E-state index contributed by atoms with van der Waals surface area (Å²) in [4.78, 5) is 28.3. The van der Waals surface area contributed by atoms with Crippen molar-refractivity contribution >= 4 is 5.91 Å². The van der Waals surface area contributed by atoms with Gasteiger partial charge in [0.15, 0.2) is 0 Å². The minimum atomic E-state index is -0.359. The second-order valence-electron chi connectivity index (χ2n) is 5.39. The van der Waals surface area contributed by atoms with Gasteiger partial charge in [0.2, 0.25) is 0 Å². The predicted molar refractivity (Wildman–Crippen MR) is 79.1 cm³/mol. The lowest BCUT2D eigenvalue weighted by molar-refractivity contribution is 0.0949. The molecular formula is C16H17N3O2. The van der Waals surface area contributed by atoms with Crippen molar-refractivity contribution in [3.63, 3.8) is 0 Å². The zero-order chi connectivity index (χ0) is 14.8. The highest BCUT2D eigenvalue weighted by molar-refractivity contribution is 5.93. The third-order valence-corrected chi connectivity index (χ3v) is 3.66. The first-order chi connectivity index (χ1) is 10.1. The van der Waals surface area contributed by atoms with E-state index in [0.717, 1.165) is 11.3 Å². The Bertz CT molecular complexity index is 715. The topological polar surface area (TPSA) is 64.0 Å². The molecule has 0 aromatic carbocycles. The van der Waals surface area contributed by atoms with Gasteiger partial charge in [0.25, 0.3) is 11.5 Å². The number of aromatic nitrogens is 2. The van der Waals surface area contributed by atoms with Crippen LogP contribution in [0.4, 0.5) is 0 Å². The summed E-state index contributed by atoms with van der Waals surface area (Å²) in [7, 11) is 1.62. The van der Waals surface area contributed by atoms with Gasteiger partial charge < -0.3 is 9.88 Å². The molecule has 1 aliphatic rings. The van der Waals surface area contributed by atoms with Crippen LogP contribution < -0.4 is 10.9 Å². The van der Waals surface area contributed by atoms with Crippen molar-refractivity contribution < 1.29 is 4.79 Å². The van der Waals surface area contributed by atoms with Gasteiger partial charge in [-0.05, 0) is 36.6 Å². The maximum Gasteiger partial charge on any atom is 0.263 e. The highest BCUT2D eigenvalue weighted by atomic mass is 16.2. The molecule has 5 nitrogen and oxygen atoms in total. The zero-order valence-electron chi connectivity index (χ0n) is 11.9. The fourth-order valence-electron chi connectivity index (χ4n) is 2.21. The van der Waals surface area contributed by atoms with Crippen molar-refractivity contribution in [3.05, 3.63) is 63.8 Å². The van der Waals surface area contributed by atoms with E-state index in [-0.39, 0.29) is 17.0 Å². The van der Waals surface area contributed by atoms with E-state index >= 15 is 0 Å². The number of carbonyl (C=O) groups is 1. The normalized spacial score (nSPS) is 14.0. The minimum absolute atomic E-state index is 0.155. The number of hydrogen-bond acceptors (Lipinski definition) is 3.